The minimum absolute atomic E-state index is 0.0796. The van der Waals surface area contributed by atoms with E-state index in [9.17, 15) is 0 Å². The molecule has 3 heteroatoms. The lowest BCUT2D eigenvalue weighted by molar-refractivity contribution is 1.29. The fraction of sp³-hybridized carbons (Fsp3) is 0. The van der Waals surface area contributed by atoms with Crippen LogP contribution in [0.3, 0.4) is 0 Å². The van der Waals surface area contributed by atoms with Crippen LogP contribution in [-0.2, 0) is 0 Å². The lowest BCUT2D eigenvalue weighted by Crippen LogP contribution is -2.10. The highest BCUT2D eigenvalue weighted by atomic mass is 14.7. The van der Waals surface area contributed by atoms with E-state index in [0.29, 0.717) is 0 Å². The van der Waals surface area contributed by atoms with Gasteiger partial charge in [0.1, 0.15) is 11.5 Å². The summed E-state index contributed by atoms with van der Waals surface area (Å²) < 4.78 is 0. The molecule has 1 heterocycles. The molecule has 100 valence electrons. The number of fused-ring (bicyclic) bond motifs is 1. The van der Waals surface area contributed by atoms with Gasteiger partial charge < -0.3 is 5.73 Å². The van der Waals surface area contributed by atoms with Gasteiger partial charge in [0.25, 0.3) is 0 Å². The van der Waals surface area contributed by atoms with Gasteiger partial charge in [-0.1, -0.05) is 30.2 Å². The molecule has 2 aromatic carbocycles. The summed E-state index contributed by atoms with van der Waals surface area (Å²) >= 11 is 0. The number of nitrogens with two attached hydrogens (primary N) is 1. The molecule has 21 heavy (non-hydrogen) atoms. The topological polar surface area (TPSA) is 62.8 Å². The number of nitrogen functional groups attached to an aromatic ring is 1. The van der Waals surface area contributed by atoms with Crippen molar-refractivity contribution in [1.29, 1.82) is 5.41 Å². The first-order chi connectivity index (χ1) is 10.2. The summed E-state index contributed by atoms with van der Waals surface area (Å²) in [6, 6.07) is 17.4. The van der Waals surface area contributed by atoms with Gasteiger partial charge >= 0.3 is 0 Å². The van der Waals surface area contributed by atoms with Crippen LogP contribution in [0.25, 0.3) is 10.8 Å². The molecule has 3 aromatic rings. The van der Waals surface area contributed by atoms with E-state index in [1.54, 1.807) is 6.20 Å². The quantitative estimate of drug-likeness (QED) is 0.406. The van der Waals surface area contributed by atoms with Crippen LogP contribution in [0.1, 0.15) is 16.8 Å². The molecular weight excluding hydrogens is 258 g/mol. The number of aromatic nitrogens is 1. The molecule has 0 atom stereocenters. The number of rotatable bonds is 1. The molecule has 0 aliphatic heterocycles. The molecular formula is C18H13N3. The molecule has 0 spiro atoms. The highest BCUT2D eigenvalue weighted by Gasteiger charge is 1.99. The highest BCUT2D eigenvalue weighted by molar-refractivity contribution is 5.99. The van der Waals surface area contributed by atoms with Crippen molar-refractivity contribution in [1.82, 2.24) is 4.98 Å². The van der Waals surface area contributed by atoms with Crippen LogP contribution >= 0.6 is 0 Å². The minimum Gasteiger partial charge on any atom is -0.384 e. The number of nitrogens with one attached hydrogen (secondary N) is 1. The van der Waals surface area contributed by atoms with Gasteiger partial charge in [-0.2, -0.15) is 0 Å². The number of benzene rings is 2. The van der Waals surface area contributed by atoms with Crippen LogP contribution in [0, 0.1) is 17.3 Å². The van der Waals surface area contributed by atoms with Gasteiger partial charge in [0.15, 0.2) is 0 Å². The molecule has 3 N–H and O–H groups in total. The van der Waals surface area contributed by atoms with Gasteiger partial charge in [0.05, 0.1) is 0 Å². The largest absolute Gasteiger partial charge is 0.384 e. The number of hydrogen-bond donors (Lipinski definition) is 2. The van der Waals surface area contributed by atoms with Gasteiger partial charge in [-0.15, -0.1) is 0 Å². The molecule has 0 saturated heterocycles. The van der Waals surface area contributed by atoms with Crippen molar-refractivity contribution >= 4 is 16.6 Å². The molecule has 0 fully saturated rings. The first kappa shape index (κ1) is 12.9. The van der Waals surface area contributed by atoms with Crippen LogP contribution in [0.5, 0.6) is 0 Å². The molecule has 0 aliphatic rings. The van der Waals surface area contributed by atoms with Gasteiger partial charge in [0, 0.05) is 17.3 Å². The summed E-state index contributed by atoms with van der Waals surface area (Å²) in [5.41, 5.74) is 7.92. The Morgan fingerprint density at radius 1 is 0.952 bits per heavy atom. The number of hydrogen-bond acceptors (Lipinski definition) is 2. The summed E-state index contributed by atoms with van der Waals surface area (Å²) in [5, 5.41) is 9.59. The second kappa shape index (κ2) is 5.48. The number of amidine groups is 1. The van der Waals surface area contributed by atoms with E-state index in [1.807, 2.05) is 54.6 Å². The van der Waals surface area contributed by atoms with Crippen molar-refractivity contribution in [2.45, 2.75) is 0 Å². The van der Waals surface area contributed by atoms with E-state index < -0.39 is 0 Å². The van der Waals surface area contributed by atoms with Crippen LogP contribution in [0.4, 0.5) is 0 Å². The summed E-state index contributed by atoms with van der Waals surface area (Å²) in [4.78, 5) is 4.18. The van der Waals surface area contributed by atoms with E-state index in [4.69, 9.17) is 11.1 Å². The zero-order valence-corrected chi connectivity index (χ0v) is 11.3. The molecule has 1 aromatic heterocycles. The Labute approximate surface area is 123 Å². The third-order valence-electron chi connectivity index (χ3n) is 3.15. The molecule has 0 bridgehead atoms. The van der Waals surface area contributed by atoms with E-state index in [1.165, 1.54) is 0 Å². The van der Waals surface area contributed by atoms with Crippen molar-refractivity contribution < 1.29 is 0 Å². The predicted octanol–water partition coefficient (Wildman–Crippen LogP) is 2.92. The summed E-state index contributed by atoms with van der Waals surface area (Å²) in [5.74, 6) is 6.23. The summed E-state index contributed by atoms with van der Waals surface area (Å²) in [7, 11) is 0. The Morgan fingerprint density at radius 2 is 1.76 bits per heavy atom. The molecule has 0 amide bonds. The summed E-state index contributed by atoms with van der Waals surface area (Å²) in [6.45, 7) is 0. The van der Waals surface area contributed by atoms with Gasteiger partial charge in [-0.05, 0) is 47.0 Å². The second-order valence-electron chi connectivity index (χ2n) is 4.66. The van der Waals surface area contributed by atoms with E-state index in [2.05, 4.69) is 16.8 Å². The van der Waals surface area contributed by atoms with Gasteiger partial charge in [-0.3, -0.25) is 5.41 Å². The first-order valence-corrected chi connectivity index (χ1v) is 6.54. The molecule has 3 rings (SSSR count). The van der Waals surface area contributed by atoms with Crippen molar-refractivity contribution in [3.63, 3.8) is 0 Å². The fourth-order valence-corrected chi connectivity index (χ4v) is 2.06. The average molecular weight is 271 g/mol. The third kappa shape index (κ3) is 2.90. The number of pyridine rings is 1. The van der Waals surface area contributed by atoms with E-state index in [-0.39, 0.29) is 5.84 Å². The van der Waals surface area contributed by atoms with Gasteiger partial charge in [0.2, 0.25) is 0 Å². The van der Waals surface area contributed by atoms with Crippen molar-refractivity contribution in [2.24, 2.45) is 5.73 Å². The van der Waals surface area contributed by atoms with Crippen LogP contribution in [0.2, 0.25) is 0 Å². The highest BCUT2D eigenvalue weighted by Crippen LogP contribution is 2.17. The Kier molecular flexibility index (Phi) is 3.36. The van der Waals surface area contributed by atoms with E-state index in [0.717, 1.165) is 27.6 Å². The minimum atomic E-state index is 0.0796. The Bertz CT molecular complexity index is 871. The molecule has 0 unspecified atom stereocenters. The number of nitrogens with zero attached hydrogens (tertiary/aromatic N) is 1. The second-order valence-corrected chi connectivity index (χ2v) is 4.66. The van der Waals surface area contributed by atoms with Crippen LogP contribution in [-0.4, -0.2) is 10.8 Å². The maximum atomic E-state index is 7.46. The molecule has 0 saturated carbocycles. The first-order valence-electron chi connectivity index (χ1n) is 6.54. The maximum absolute atomic E-state index is 7.46. The van der Waals surface area contributed by atoms with Crippen molar-refractivity contribution in [3.05, 3.63) is 77.6 Å². The molecule has 0 radical (unpaired) electrons. The normalized spacial score (nSPS) is 9.90. The zero-order chi connectivity index (χ0) is 14.7. The molecule has 0 aliphatic carbocycles. The Morgan fingerprint density at radius 3 is 2.52 bits per heavy atom. The Hall–Kier alpha value is -3.12. The lowest BCUT2D eigenvalue weighted by atomic mass is 10.0. The van der Waals surface area contributed by atoms with Crippen molar-refractivity contribution in [3.8, 4) is 11.8 Å². The maximum Gasteiger partial charge on any atom is 0.122 e. The van der Waals surface area contributed by atoms with Gasteiger partial charge in [-0.25, -0.2) is 4.98 Å². The van der Waals surface area contributed by atoms with E-state index >= 15 is 0 Å². The molecule has 3 nitrogen and oxygen atoms in total. The lowest BCUT2D eigenvalue weighted by Gasteiger charge is -2.02. The van der Waals surface area contributed by atoms with Crippen molar-refractivity contribution in [2.75, 3.05) is 0 Å². The smallest absolute Gasteiger partial charge is 0.122 e. The average Bonchev–Trinajstić information content (AvgIpc) is 2.53. The third-order valence-corrected chi connectivity index (χ3v) is 3.15. The monoisotopic (exact) mass is 271 g/mol. The predicted molar refractivity (Wildman–Crippen MR) is 85.2 cm³/mol. The van der Waals surface area contributed by atoms with Crippen LogP contribution < -0.4 is 5.73 Å². The van der Waals surface area contributed by atoms with Crippen LogP contribution in [0.15, 0.2) is 60.8 Å². The zero-order valence-electron chi connectivity index (χ0n) is 11.3. The SMILES string of the molecule is N=C(N)c1ccc2cc(C#Cc3ccccn3)ccc2c1. The fourth-order valence-electron chi connectivity index (χ4n) is 2.06. The standard InChI is InChI=1S/C18H13N3/c19-18(20)16-8-7-14-11-13(4-6-15(14)12-16)5-9-17-3-1-2-10-21-17/h1-4,6-8,10-12H,(H3,19,20). The Balaban J connectivity index is 1.97. The summed E-state index contributed by atoms with van der Waals surface area (Å²) in [6.07, 6.45) is 1.73.